The number of nitrogens with zero attached hydrogens (tertiary/aromatic N) is 2. The Bertz CT molecular complexity index is 1070. The molecule has 2 heterocycles. The lowest BCUT2D eigenvalue weighted by Crippen LogP contribution is -2.50. The number of ether oxygens (including phenoxy) is 3. The molecule has 31 heavy (non-hydrogen) atoms. The van der Waals surface area contributed by atoms with Gasteiger partial charge >= 0.3 is 6.09 Å². The first-order chi connectivity index (χ1) is 14.9. The number of para-hydroxylation sites is 1. The predicted octanol–water partition coefficient (Wildman–Crippen LogP) is 3.32. The Labute approximate surface area is 182 Å². The first kappa shape index (κ1) is 21.5. The maximum Gasteiger partial charge on any atom is 0.414 e. The second kappa shape index (κ2) is 8.39. The zero-order valence-corrected chi connectivity index (χ0v) is 18.6. The third-order valence-corrected chi connectivity index (χ3v) is 7.84. The van der Waals surface area contributed by atoms with Crippen molar-refractivity contribution >= 4 is 21.8 Å². The van der Waals surface area contributed by atoms with Crippen LogP contribution in [0.2, 0.25) is 0 Å². The molecule has 8 nitrogen and oxygen atoms in total. The number of carbonyl (C=O) groups excluding carboxylic acids is 1. The van der Waals surface area contributed by atoms with Gasteiger partial charge in [0.15, 0.2) is 4.90 Å². The van der Waals surface area contributed by atoms with Gasteiger partial charge in [0.25, 0.3) is 0 Å². The SMILES string of the molecule is COc1cccc(OC)c1S(=O)(=O)N1CCC(N2C(=O)OCc3cccc(C)c32)CC1. The average Bonchev–Trinajstić information content (AvgIpc) is 2.79. The van der Waals surface area contributed by atoms with Gasteiger partial charge in [-0.05, 0) is 37.5 Å². The van der Waals surface area contributed by atoms with Crippen LogP contribution in [0.3, 0.4) is 0 Å². The molecule has 0 radical (unpaired) electrons. The van der Waals surface area contributed by atoms with Crippen molar-refractivity contribution in [1.29, 1.82) is 0 Å². The Morgan fingerprint density at radius 2 is 1.61 bits per heavy atom. The van der Waals surface area contributed by atoms with E-state index in [1.54, 1.807) is 23.1 Å². The number of aryl methyl sites for hydroxylation is 1. The van der Waals surface area contributed by atoms with Gasteiger partial charge in [-0.1, -0.05) is 24.3 Å². The monoisotopic (exact) mass is 446 g/mol. The lowest BCUT2D eigenvalue weighted by Gasteiger charge is -2.40. The minimum atomic E-state index is -3.84. The van der Waals surface area contributed by atoms with Crippen molar-refractivity contribution in [2.45, 2.75) is 37.3 Å². The smallest absolute Gasteiger partial charge is 0.414 e. The second-order valence-electron chi connectivity index (χ2n) is 7.63. The zero-order valence-electron chi connectivity index (χ0n) is 17.8. The normalized spacial score (nSPS) is 17.8. The number of anilines is 1. The number of benzene rings is 2. The molecule has 0 bridgehead atoms. The molecule has 0 spiro atoms. The molecular formula is C22H26N2O6S. The van der Waals surface area contributed by atoms with Gasteiger partial charge in [0.05, 0.1) is 19.9 Å². The molecule has 0 atom stereocenters. The number of rotatable bonds is 5. The van der Waals surface area contributed by atoms with Crippen LogP contribution in [-0.4, -0.2) is 52.2 Å². The van der Waals surface area contributed by atoms with Crippen LogP contribution in [-0.2, 0) is 21.4 Å². The van der Waals surface area contributed by atoms with E-state index in [9.17, 15) is 13.2 Å². The van der Waals surface area contributed by atoms with Crippen LogP contribution in [0.15, 0.2) is 41.3 Å². The Kier molecular flexibility index (Phi) is 5.81. The van der Waals surface area contributed by atoms with Gasteiger partial charge in [0.1, 0.15) is 18.1 Å². The molecule has 2 aliphatic heterocycles. The molecule has 2 aliphatic rings. The highest BCUT2D eigenvalue weighted by atomic mass is 32.2. The van der Waals surface area contributed by atoms with Gasteiger partial charge < -0.3 is 14.2 Å². The molecular weight excluding hydrogens is 420 g/mol. The zero-order chi connectivity index (χ0) is 22.2. The third kappa shape index (κ3) is 3.72. The summed E-state index contributed by atoms with van der Waals surface area (Å²) in [7, 11) is -0.971. The quantitative estimate of drug-likeness (QED) is 0.701. The van der Waals surface area contributed by atoms with Crippen molar-refractivity contribution in [2.24, 2.45) is 0 Å². The molecule has 1 fully saturated rings. The van der Waals surface area contributed by atoms with E-state index < -0.39 is 10.0 Å². The predicted molar refractivity (Wildman–Crippen MR) is 115 cm³/mol. The molecule has 4 rings (SSSR count). The van der Waals surface area contributed by atoms with Crippen LogP contribution in [0.5, 0.6) is 11.5 Å². The average molecular weight is 447 g/mol. The molecule has 0 unspecified atom stereocenters. The molecule has 2 aromatic rings. The van der Waals surface area contributed by atoms with Gasteiger partial charge in [0, 0.05) is 24.7 Å². The van der Waals surface area contributed by atoms with Gasteiger partial charge in [0.2, 0.25) is 10.0 Å². The number of piperidine rings is 1. The van der Waals surface area contributed by atoms with Crippen LogP contribution in [0.4, 0.5) is 10.5 Å². The number of hydrogen-bond acceptors (Lipinski definition) is 6. The number of cyclic esters (lactones) is 1. The molecule has 9 heteroatoms. The summed E-state index contributed by atoms with van der Waals surface area (Å²) in [6.07, 6.45) is 0.619. The summed E-state index contributed by atoms with van der Waals surface area (Å²) in [4.78, 5) is 14.3. The lowest BCUT2D eigenvalue weighted by molar-refractivity contribution is 0.135. The van der Waals surface area contributed by atoms with Crippen LogP contribution in [0, 0.1) is 6.92 Å². The summed E-state index contributed by atoms with van der Waals surface area (Å²) in [5.74, 6) is 0.483. The molecule has 0 saturated carbocycles. The summed E-state index contributed by atoms with van der Waals surface area (Å²) >= 11 is 0. The topological polar surface area (TPSA) is 85.4 Å². The van der Waals surface area contributed by atoms with Crippen molar-refractivity contribution in [3.63, 3.8) is 0 Å². The maximum absolute atomic E-state index is 13.4. The summed E-state index contributed by atoms with van der Waals surface area (Å²) in [6, 6.07) is 10.6. The summed E-state index contributed by atoms with van der Waals surface area (Å²) in [6.45, 7) is 2.78. The Balaban J connectivity index is 1.59. The first-order valence-electron chi connectivity index (χ1n) is 10.1. The highest BCUT2D eigenvalue weighted by molar-refractivity contribution is 7.89. The Morgan fingerprint density at radius 1 is 1.00 bits per heavy atom. The summed E-state index contributed by atoms with van der Waals surface area (Å²) < 4.78 is 44.2. The highest BCUT2D eigenvalue weighted by Gasteiger charge is 2.39. The number of fused-ring (bicyclic) bond motifs is 1. The van der Waals surface area contributed by atoms with Gasteiger partial charge in [-0.25, -0.2) is 13.2 Å². The molecule has 1 saturated heterocycles. The van der Waals surface area contributed by atoms with E-state index in [2.05, 4.69) is 0 Å². The van der Waals surface area contributed by atoms with E-state index >= 15 is 0 Å². The Hall–Kier alpha value is -2.78. The van der Waals surface area contributed by atoms with Crippen molar-refractivity contribution < 1.29 is 27.4 Å². The maximum atomic E-state index is 13.4. The lowest BCUT2D eigenvalue weighted by atomic mass is 10.00. The fourth-order valence-corrected chi connectivity index (χ4v) is 6.12. The molecule has 1 amide bonds. The van der Waals surface area contributed by atoms with E-state index in [1.165, 1.54) is 18.5 Å². The largest absolute Gasteiger partial charge is 0.495 e. The van der Waals surface area contributed by atoms with Crippen molar-refractivity contribution in [2.75, 3.05) is 32.2 Å². The third-order valence-electron chi connectivity index (χ3n) is 5.88. The summed E-state index contributed by atoms with van der Waals surface area (Å²) in [5.41, 5.74) is 2.85. The minimum absolute atomic E-state index is 0.0250. The molecule has 0 N–H and O–H groups in total. The van der Waals surface area contributed by atoms with E-state index in [1.807, 2.05) is 25.1 Å². The van der Waals surface area contributed by atoms with Crippen LogP contribution in [0.1, 0.15) is 24.0 Å². The first-order valence-corrected chi connectivity index (χ1v) is 11.6. The van der Waals surface area contributed by atoms with Crippen LogP contribution < -0.4 is 14.4 Å². The number of hydrogen-bond donors (Lipinski definition) is 0. The van der Waals surface area contributed by atoms with E-state index in [0.717, 1.165) is 16.8 Å². The Morgan fingerprint density at radius 3 is 2.23 bits per heavy atom. The minimum Gasteiger partial charge on any atom is -0.495 e. The van der Waals surface area contributed by atoms with Gasteiger partial charge in [-0.15, -0.1) is 0 Å². The number of amides is 1. The fraction of sp³-hybridized carbons (Fsp3) is 0.409. The molecule has 2 aromatic carbocycles. The van der Waals surface area contributed by atoms with E-state index in [0.29, 0.717) is 12.8 Å². The van der Waals surface area contributed by atoms with E-state index in [4.69, 9.17) is 14.2 Å². The molecule has 0 aromatic heterocycles. The molecule has 166 valence electrons. The number of methoxy groups -OCH3 is 2. The second-order valence-corrected chi connectivity index (χ2v) is 9.51. The summed E-state index contributed by atoms with van der Waals surface area (Å²) in [5, 5.41) is 0. The number of sulfonamides is 1. The fourth-order valence-electron chi connectivity index (χ4n) is 4.35. The van der Waals surface area contributed by atoms with Gasteiger partial charge in [-0.2, -0.15) is 4.31 Å². The van der Waals surface area contributed by atoms with E-state index in [-0.39, 0.29) is 48.2 Å². The van der Waals surface area contributed by atoms with Gasteiger partial charge in [-0.3, -0.25) is 4.90 Å². The standard InChI is InChI=1S/C22H26N2O6S/c1-15-6-4-7-16-14-30-22(25)24(20(15)16)17-10-12-23(13-11-17)31(26,27)21-18(28-2)8-5-9-19(21)29-3/h4-9,17H,10-14H2,1-3H3. The number of carbonyl (C=O) groups is 1. The van der Waals surface area contributed by atoms with Crippen LogP contribution >= 0.6 is 0 Å². The molecule has 0 aliphatic carbocycles. The van der Waals surface area contributed by atoms with Crippen molar-refractivity contribution in [3.8, 4) is 11.5 Å². The van der Waals surface area contributed by atoms with Crippen LogP contribution in [0.25, 0.3) is 0 Å². The van der Waals surface area contributed by atoms with Crippen molar-refractivity contribution in [1.82, 2.24) is 4.31 Å². The highest BCUT2D eigenvalue weighted by Crippen LogP contribution is 2.38. The van der Waals surface area contributed by atoms with Crippen molar-refractivity contribution in [3.05, 3.63) is 47.5 Å².